The Balaban J connectivity index is 2.30. The zero-order valence-electron chi connectivity index (χ0n) is 9.38. The van der Waals surface area contributed by atoms with Gasteiger partial charge in [0, 0.05) is 29.1 Å². The van der Waals surface area contributed by atoms with Crippen LogP contribution in [0.3, 0.4) is 0 Å². The number of ketones is 2. The minimum Gasteiger partial charge on any atom is -0.295 e. The fourth-order valence-corrected chi connectivity index (χ4v) is 1.53. The number of aromatic nitrogens is 1. The molecule has 1 aromatic carbocycles. The van der Waals surface area contributed by atoms with E-state index in [0.29, 0.717) is 16.7 Å². The SMILES string of the molecule is CC(=O)c1ccc(C(=O)c2ccncc2)cc1. The van der Waals surface area contributed by atoms with Crippen LogP contribution in [0.4, 0.5) is 0 Å². The lowest BCUT2D eigenvalue weighted by Gasteiger charge is -2.01. The lowest BCUT2D eigenvalue weighted by Crippen LogP contribution is -2.02. The topological polar surface area (TPSA) is 47.0 Å². The Labute approximate surface area is 99.1 Å². The third-order valence-electron chi connectivity index (χ3n) is 2.50. The fraction of sp³-hybridized carbons (Fsp3) is 0.0714. The molecule has 3 heteroatoms. The summed E-state index contributed by atoms with van der Waals surface area (Å²) < 4.78 is 0. The highest BCUT2D eigenvalue weighted by atomic mass is 16.1. The van der Waals surface area contributed by atoms with E-state index in [9.17, 15) is 9.59 Å². The van der Waals surface area contributed by atoms with Crippen molar-refractivity contribution < 1.29 is 9.59 Å². The van der Waals surface area contributed by atoms with Gasteiger partial charge >= 0.3 is 0 Å². The molecule has 84 valence electrons. The van der Waals surface area contributed by atoms with Crippen LogP contribution in [-0.2, 0) is 0 Å². The molecule has 0 aliphatic carbocycles. The van der Waals surface area contributed by atoms with Crippen LogP contribution in [0.5, 0.6) is 0 Å². The molecule has 1 aromatic heterocycles. The van der Waals surface area contributed by atoms with Crippen LogP contribution in [0.25, 0.3) is 0 Å². The standard InChI is InChI=1S/C14H11NO2/c1-10(16)11-2-4-12(5-3-11)14(17)13-6-8-15-9-7-13/h2-9H,1H3. The van der Waals surface area contributed by atoms with E-state index < -0.39 is 0 Å². The molecule has 0 N–H and O–H groups in total. The van der Waals surface area contributed by atoms with E-state index in [1.165, 1.54) is 6.92 Å². The fourth-order valence-electron chi connectivity index (χ4n) is 1.53. The van der Waals surface area contributed by atoms with Crippen molar-refractivity contribution >= 4 is 11.6 Å². The van der Waals surface area contributed by atoms with Gasteiger partial charge < -0.3 is 0 Å². The smallest absolute Gasteiger partial charge is 0.193 e. The molecule has 0 fully saturated rings. The van der Waals surface area contributed by atoms with Crippen LogP contribution in [0.1, 0.15) is 33.2 Å². The first-order valence-corrected chi connectivity index (χ1v) is 5.24. The maximum absolute atomic E-state index is 12.0. The van der Waals surface area contributed by atoms with Crippen LogP contribution in [-0.4, -0.2) is 16.6 Å². The summed E-state index contributed by atoms with van der Waals surface area (Å²) in [6.45, 7) is 1.50. The number of nitrogens with zero attached hydrogens (tertiary/aromatic N) is 1. The van der Waals surface area contributed by atoms with Crippen molar-refractivity contribution in [2.75, 3.05) is 0 Å². The van der Waals surface area contributed by atoms with E-state index in [1.54, 1.807) is 48.8 Å². The van der Waals surface area contributed by atoms with Gasteiger partial charge in [-0.15, -0.1) is 0 Å². The number of carbonyl (C=O) groups excluding carboxylic acids is 2. The van der Waals surface area contributed by atoms with E-state index in [2.05, 4.69) is 4.98 Å². The van der Waals surface area contributed by atoms with Crippen LogP contribution in [0.2, 0.25) is 0 Å². The number of rotatable bonds is 3. The van der Waals surface area contributed by atoms with Crippen molar-refractivity contribution in [3.63, 3.8) is 0 Å². The summed E-state index contributed by atoms with van der Waals surface area (Å²) in [6.07, 6.45) is 3.16. The molecule has 2 rings (SSSR count). The van der Waals surface area contributed by atoms with Gasteiger partial charge in [0.05, 0.1) is 0 Å². The summed E-state index contributed by atoms with van der Waals surface area (Å²) in [7, 11) is 0. The first-order chi connectivity index (χ1) is 8.18. The van der Waals surface area contributed by atoms with Crippen molar-refractivity contribution in [1.82, 2.24) is 4.98 Å². The van der Waals surface area contributed by atoms with Gasteiger partial charge in [0.25, 0.3) is 0 Å². The molecule has 2 aromatic rings. The molecule has 0 aliphatic heterocycles. The molecule has 0 amide bonds. The number of pyridine rings is 1. The van der Waals surface area contributed by atoms with Crippen molar-refractivity contribution in [2.24, 2.45) is 0 Å². The van der Waals surface area contributed by atoms with E-state index in [4.69, 9.17) is 0 Å². The Morgan fingerprint density at radius 2 is 1.29 bits per heavy atom. The molecule has 0 saturated heterocycles. The van der Waals surface area contributed by atoms with Crippen molar-refractivity contribution in [1.29, 1.82) is 0 Å². The molecule has 3 nitrogen and oxygen atoms in total. The van der Waals surface area contributed by atoms with E-state index >= 15 is 0 Å². The van der Waals surface area contributed by atoms with E-state index in [0.717, 1.165) is 0 Å². The molecule has 0 spiro atoms. The van der Waals surface area contributed by atoms with Gasteiger partial charge in [0.1, 0.15) is 0 Å². The Morgan fingerprint density at radius 1 is 0.824 bits per heavy atom. The van der Waals surface area contributed by atoms with Gasteiger partial charge in [-0.3, -0.25) is 14.6 Å². The Morgan fingerprint density at radius 3 is 1.82 bits per heavy atom. The summed E-state index contributed by atoms with van der Waals surface area (Å²) in [4.78, 5) is 27.0. The third kappa shape index (κ3) is 2.45. The predicted octanol–water partition coefficient (Wildman–Crippen LogP) is 2.52. The predicted molar refractivity (Wildman–Crippen MR) is 64.1 cm³/mol. The second kappa shape index (κ2) is 4.70. The van der Waals surface area contributed by atoms with Gasteiger partial charge in [0.15, 0.2) is 11.6 Å². The summed E-state index contributed by atoms with van der Waals surface area (Å²) >= 11 is 0. The third-order valence-corrected chi connectivity index (χ3v) is 2.50. The van der Waals surface area contributed by atoms with Crippen molar-refractivity contribution in [2.45, 2.75) is 6.92 Å². The van der Waals surface area contributed by atoms with Gasteiger partial charge in [0.2, 0.25) is 0 Å². The summed E-state index contributed by atoms with van der Waals surface area (Å²) in [5.74, 6) is -0.0737. The number of Topliss-reactive ketones (excluding diaryl/α,β-unsaturated/α-hetero) is 1. The van der Waals surface area contributed by atoms with Crippen LogP contribution < -0.4 is 0 Å². The van der Waals surface area contributed by atoms with Gasteiger partial charge in [-0.05, 0) is 19.1 Å². The van der Waals surface area contributed by atoms with Crippen LogP contribution in [0, 0.1) is 0 Å². The van der Waals surface area contributed by atoms with Gasteiger partial charge in [-0.25, -0.2) is 0 Å². The lowest BCUT2D eigenvalue weighted by atomic mass is 10.0. The molecule has 0 atom stereocenters. The average Bonchev–Trinajstić information content (AvgIpc) is 2.39. The molecule has 0 radical (unpaired) electrons. The zero-order chi connectivity index (χ0) is 12.3. The molecular formula is C14H11NO2. The molecule has 17 heavy (non-hydrogen) atoms. The number of hydrogen-bond donors (Lipinski definition) is 0. The highest BCUT2D eigenvalue weighted by Gasteiger charge is 2.08. The maximum Gasteiger partial charge on any atom is 0.193 e. The maximum atomic E-state index is 12.0. The van der Waals surface area contributed by atoms with Gasteiger partial charge in [-0.1, -0.05) is 24.3 Å². The largest absolute Gasteiger partial charge is 0.295 e. The molecule has 0 aliphatic rings. The Hall–Kier alpha value is -2.29. The van der Waals surface area contributed by atoms with E-state index in [1.807, 2.05) is 0 Å². The monoisotopic (exact) mass is 225 g/mol. The van der Waals surface area contributed by atoms with E-state index in [-0.39, 0.29) is 11.6 Å². The summed E-state index contributed by atoms with van der Waals surface area (Å²) in [5, 5.41) is 0. The normalized spacial score (nSPS) is 9.94. The molecule has 0 saturated carbocycles. The second-order valence-corrected chi connectivity index (χ2v) is 3.70. The molecule has 1 heterocycles. The summed E-state index contributed by atoms with van der Waals surface area (Å²) in [5.41, 5.74) is 1.77. The molecule has 0 unspecified atom stereocenters. The minimum atomic E-state index is -0.0671. The van der Waals surface area contributed by atoms with Gasteiger partial charge in [-0.2, -0.15) is 0 Å². The highest BCUT2D eigenvalue weighted by molar-refractivity contribution is 6.09. The van der Waals surface area contributed by atoms with Crippen molar-refractivity contribution in [3.05, 3.63) is 65.5 Å². The zero-order valence-corrected chi connectivity index (χ0v) is 9.38. The Kier molecular flexibility index (Phi) is 3.10. The second-order valence-electron chi connectivity index (χ2n) is 3.70. The summed E-state index contributed by atoms with van der Waals surface area (Å²) in [6, 6.07) is 9.99. The number of carbonyl (C=O) groups is 2. The molecule has 0 bridgehead atoms. The van der Waals surface area contributed by atoms with Crippen LogP contribution in [0.15, 0.2) is 48.8 Å². The lowest BCUT2D eigenvalue weighted by molar-refractivity contribution is 0.101. The highest BCUT2D eigenvalue weighted by Crippen LogP contribution is 2.10. The number of hydrogen-bond acceptors (Lipinski definition) is 3. The first kappa shape index (κ1) is 11.2. The average molecular weight is 225 g/mol. The first-order valence-electron chi connectivity index (χ1n) is 5.24. The van der Waals surface area contributed by atoms with Crippen LogP contribution >= 0.6 is 0 Å². The quantitative estimate of drug-likeness (QED) is 0.754. The minimum absolute atomic E-state index is 0.00656. The molecular weight excluding hydrogens is 214 g/mol. The van der Waals surface area contributed by atoms with Crippen molar-refractivity contribution in [3.8, 4) is 0 Å². The Bertz CT molecular complexity index is 544. The number of benzene rings is 1.